The van der Waals surface area contributed by atoms with E-state index in [2.05, 4.69) is 26.5 Å². The van der Waals surface area contributed by atoms with Gasteiger partial charge in [-0.1, -0.05) is 0 Å². The highest BCUT2D eigenvalue weighted by Crippen LogP contribution is 2.22. The predicted molar refractivity (Wildman–Crippen MR) is 112 cm³/mol. The minimum atomic E-state index is -0.416. The molecule has 0 atom stereocenters. The van der Waals surface area contributed by atoms with Gasteiger partial charge in [0.2, 0.25) is 5.88 Å². The van der Waals surface area contributed by atoms with E-state index >= 15 is 0 Å². The first kappa shape index (κ1) is 18.6. The van der Waals surface area contributed by atoms with E-state index in [-0.39, 0.29) is 17.6 Å². The Balaban J connectivity index is 1.66. The lowest BCUT2D eigenvalue weighted by molar-refractivity contribution is 0.428. The van der Waals surface area contributed by atoms with Gasteiger partial charge in [-0.25, -0.2) is 9.78 Å². The Kier molecular flexibility index (Phi) is 4.29. The molecule has 1 aliphatic carbocycles. The van der Waals surface area contributed by atoms with Gasteiger partial charge >= 0.3 is 5.69 Å². The monoisotopic (exact) mass is 414 g/mol. The van der Waals surface area contributed by atoms with Crippen molar-refractivity contribution in [3.63, 3.8) is 0 Å². The molecule has 1 saturated carbocycles. The van der Waals surface area contributed by atoms with Crippen molar-refractivity contribution in [1.82, 2.24) is 24.1 Å². The highest BCUT2D eigenvalue weighted by atomic mass is 16.3. The summed E-state index contributed by atoms with van der Waals surface area (Å²) >= 11 is 0. The fraction of sp³-hybridized carbons (Fsp3) is 0.190. The number of imidazole rings is 1. The molecule has 0 spiro atoms. The number of nitriles is 1. The second-order valence-corrected chi connectivity index (χ2v) is 7.38. The Morgan fingerprint density at radius 3 is 2.77 bits per heavy atom. The van der Waals surface area contributed by atoms with E-state index in [1.54, 1.807) is 41.1 Å². The molecule has 31 heavy (non-hydrogen) atoms. The molecule has 5 rings (SSSR count). The third-order valence-corrected chi connectivity index (χ3v) is 5.03. The molecule has 4 aromatic rings. The number of rotatable bonds is 4. The van der Waals surface area contributed by atoms with E-state index in [1.165, 1.54) is 7.05 Å². The second kappa shape index (κ2) is 7.14. The molecule has 0 amide bonds. The van der Waals surface area contributed by atoms with E-state index in [9.17, 15) is 9.90 Å². The molecule has 0 radical (unpaired) electrons. The molecule has 1 aliphatic rings. The second-order valence-electron chi connectivity index (χ2n) is 7.38. The van der Waals surface area contributed by atoms with Crippen molar-refractivity contribution in [1.29, 1.82) is 5.26 Å². The fourth-order valence-electron chi connectivity index (χ4n) is 3.18. The number of aromatic hydroxyl groups is 1. The quantitative estimate of drug-likeness (QED) is 0.449. The zero-order valence-corrected chi connectivity index (χ0v) is 16.6. The molecule has 10 nitrogen and oxygen atoms in total. The lowest BCUT2D eigenvalue weighted by Gasteiger charge is -2.06. The van der Waals surface area contributed by atoms with Crippen LogP contribution in [0.3, 0.4) is 0 Å². The van der Waals surface area contributed by atoms with Crippen molar-refractivity contribution in [2.24, 2.45) is 12.0 Å². The average molecular weight is 414 g/mol. The molecule has 0 aliphatic heterocycles. The van der Waals surface area contributed by atoms with Gasteiger partial charge in [0.1, 0.15) is 11.5 Å². The molecular formula is C21H18N8O2. The molecule has 0 unspecified atom stereocenters. The minimum absolute atomic E-state index is 0.167. The number of benzene rings is 1. The van der Waals surface area contributed by atoms with Gasteiger partial charge in [0, 0.05) is 24.0 Å². The van der Waals surface area contributed by atoms with Crippen LogP contribution < -0.4 is 21.7 Å². The Bertz CT molecular complexity index is 1520. The molecule has 1 fully saturated rings. The molecule has 1 aromatic carbocycles. The number of nitrogens with zero attached hydrogens (tertiary/aromatic N) is 6. The number of aromatic nitrogens is 5. The van der Waals surface area contributed by atoms with Crippen molar-refractivity contribution in [3.8, 4) is 11.9 Å². The Morgan fingerprint density at radius 1 is 1.35 bits per heavy atom. The highest BCUT2D eigenvalue weighted by Gasteiger charge is 2.20. The summed E-state index contributed by atoms with van der Waals surface area (Å²) in [5.74, 6) is 0.400. The largest absolute Gasteiger partial charge is 0.493 e. The van der Waals surface area contributed by atoms with Crippen molar-refractivity contribution < 1.29 is 5.11 Å². The highest BCUT2D eigenvalue weighted by molar-refractivity contribution is 5.61. The van der Waals surface area contributed by atoms with E-state index in [1.807, 2.05) is 6.07 Å². The average Bonchev–Trinajstić information content (AvgIpc) is 3.45. The summed E-state index contributed by atoms with van der Waals surface area (Å²) < 4.78 is 2.77. The molecule has 154 valence electrons. The van der Waals surface area contributed by atoms with Crippen LogP contribution in [0.4, 0.5) is 11.5 Å². The van der Waals surface area contributed by atoms with Crippen LogP contribution in [-0.4, -0.2) is 35.3 Å². The van der Waals surface area contributed by atoms with Crippen LogP contribution in [-0.2, 0) is 7.05 Å². The van der Waals surface area contributed by atoms with Gasteiger partial charge in [-0.2, -0.15) is 14.9 Å². The Labute approximate surface area is 175 Å². The van der Waals surface area contributed by atoms with E-state index in [0.29, 0.717) is 27.7 Å². The summed E-state index contributed by atoms with van der Waals surface area (Å²) in [5, 5.41) is 27.4. The number of hydrogen-bond acceptors (Lipinski definition) is 7. The molecule has 0 bridgehead atoms. The number of hydrogen-bond donors (Lipinski definition) is 3. The molecule has 10 heteroatoms. The zero-order chi connectivity index (χ0) is 21.5. The fourth-order valence-corrected chi connectivity index (χ4v) is 3.18. The van der Waals surface area contributed by atoms with E-state index < -0.39 is 5.69 Å². The lowest BCUT2D eigenvalue weighted by atomic mass is 10.2. The third kappa shape index (κ3) is 3.53. The van der Waals surface area contributed by atoms with Crippen LogP contribution in [0.2, 0.25) is 0 Å². The van der Waals surface area contributed by atoms with Crippen molar-refractivity contribution >= 4 is 23.2 Å². The molecule has 3 N–H and O–H groups in total. The smallest absolute Gasteiger partial charge is 0.328 e. The molecular weight excluding hydrogens is 396 g/mol. The maximum Gasteiger partial charge on any atom is 0.328 e. The number of nitrogens with one attached hydrogen (secondary N) is 2. The third-order valence-electron chi connectivity index (χ3n) is 5.03. The summed E-state index contributed by atoms with van der Waals surface area (Å²) in [6, 6.07) is 11.3. The van der Waals surface area contributed by atoms with Crippen LogP contribution in [0.15, 0.2) is 46.3 Å². The maximum absolute atomic E-state index is 11.8. The lowest BCUT2D eigenvalue weighted by Crippen LogP contribution is -2.19. The summed E-state index contributed by atoms with van der Waals surface area (Å²) in [4.78, 5) is 23.8. The normalized spacial score (nSPS) is 14.8. The van der Waals surface area contributed by atoms with Gasteiger partial charge in [0.25, 0.3) is 0 Å². The van der Waals surface area contributed by atoms with Crippen LogP contribution in [0.5, 0.6) is 5.88 Å². The minimum Gasteiger partial charge on any atom is -0.493 e. The van der Waals surface area contributed by atoms with E-state index in [4.69, 9.17) is 10.3 Å². The Morgan fingerprint density at radius 2 is 2.13 bits per heavy atom. The summed E-state index contributed by atoms with van der Waals surface area (Å²) in [5.41, 5.74) is 2.40. The summed E-state index contributed by atoms with van der Waals surface area (Å²) in [6.45, 7) is 0. The number of anilines is 2. The van der Waals surface area contributed by atoms with Gasteiger partial charge in [-0.05, 0) is 43.2 Å². The first-order chi connectivity index (χ1) is 15.0. The standard InChI is InChI=1S/C21H18N8O2/c1-28-20(30)16(26-21(28)31)8-13-11-23-29-18(25-15-6-7-15)9-17(27-19(13)29)24-14-4-2-12(10-22)3-5-14/h2-5,8-9,11,15,24,30H,6-7H2,1H3,(H,26,31)/b13-8-,25-18?. The van der Waals surface area contributed by atoms with Crippen LogP contribution >= 0.6 is 0 Å². The van der Waals surface area contributed by atoms with Crippen molar-refractivity contribution in [3.05, 3.63) is 69.0 Å². The summed E-state index contributed by atoms with van der Waals surface area (Å²) in [6.07, 6.45) is 5.33. The van der Waals surface area contributed by atoms with Gasteiger partial charge in [-0.3, -0.25) is 9.56 Å². The first-order valence-electron chi connectivity index (χ1n) is 9.71. The zero-order valence-electron chi connectivity index (χ0n) is 16.6. The maximum atomic E-state index is 11.8. The summed E-state index contributed by atoms with van der Waals surface area (Å²) in [7, 11) is 1.48. The first-order valence-corrected chi connectivity index (χ1v) is 9.71. The van der Waals surface area contributed by atoms with E-state index in [0.717, 1.165) is 23.1 Å². The molecule has 0 saturated heterocycles. The molecule has 3 heterocycles. The van der Waals surface area contributed by atoms with Crippen LogP contribution in [0, 0.1) is 11.3 Å². The van der Waals surface area contributed by atoms with Crippen molar-refractivity contribution in [2.45, 2.75) is 18.9 Å². The SMILES string of the molecule is Cn1c(O)c(/C=c2/cnn3c(=NC4CC4)cc(Nc4ccc(C#N)cc4)nc23)[nH]c1=O. The number of fused-ring (bicyclic) bond motifs is 1. The van der Waals surface area contributed by atoms with Crippen LogP contribution in [0.1, 0.15) is 24.1 Å². The molecule has 3 aromatic heterocycles. The number of H-pyrrole nitrogens is 1. The van der Waals surface area contributed by atoms with Crippen LogP contribution in [0.25, 0.3) is 11.7 Å². The van der Waals surface area contributed by atoms with Gasteiger partial charge in [-0.15, -0.1) is 0 Å². The van der Waals surface area contributed by atoms with Crippen molar-refractivity contribution in [2.75, 3.05) is 5.32 Å². The predicted octanol–water partition coefficient (Wildman–Crippen LogP) is 0.688. The van der Waals surface area contributed by atoms with Gasteiger partial charge < -0.3 is 15.4 Å². The van der Waals surface area contributed by atoms with Gasteiger partial charge in [0.05, 0.1) is 23.9 Å². The van der Waals surface area contributed by atoms with Gasteiger partial charge in [0.15, 0.2) is 11.1 Å². The Hall–Kier alpha value is -4.39. The topological polar surface area (TPSA) is 136 Å². The number of aromatic amines is 1.